The van der Waals surface area contributed by atoms with Gasteiger partial charge in [0, 0.05) is 0 Å². The lowest BCUT2D eigenvalue weighted by Gasteiger charge is -2.26. The second-order valence-corrected chi connectivity index (χ2v) is 8.30. The van der Waals surface area contributed by atoms with Gasteiger partial charge in [0.05, 0.1) is 6.54 Å². The summed E-state index contributed by atoms with van der Waals surface area (Å²) in [6, 6.07) is 13.3. The van der Waals surface area contributed by atoms with Gasteiger partial charge in [-0.25, -0.2) is 9.18 Å². The van der Waals surface area contributed by atoms with Crippen molar-refractivity contribution in [2.75, 3.05) is 0 Å². The molecular formula is C23H23FN2O3. The van der Waals surface area contributed by atoms with E-state index in [-0.39, 0.29) is 24.3 Å². The normalized spacial score (nSPS) is 20.7. The van der Waals surface area contributed by atoms with Gasteiger partial charge in [-0.2, -0.15) is 0 Å². The Morgan fingerprint density at radius 2 is 1.52 bits per heavy atom. The van der Waals surface area contributed by atoms with Gasteiger partial charge in [0.2, 0.25) is 0 Å². The molecule has 2 aromatic rings. The molecule has 0 unspecified atom stereocenters. The third-order valence-corrected chi connectivity index (χ3v) is 6.18. The minimum atomic E-state index is -0.644. The first-order valence-corrected chi connectivity index (χ1v) is 10.2. The molecule has 1 saturated heterocycles. The maximum atomic E-state index is 13.1. The zero-order valence-corrected chi connectivity index (χ0v) is 16.1. The Morgan fingerprint density at radius 3 is 2.10 bits per heavy atom. The summed E-state index contributed by atoms with van der Waals surface area (Å²) < 4.78 is 18.7. The molecular weight excluding hydrogens is 371 g/mol. The first kappa shape index (κ1) is 18.2. The van der Waals surface area contributed by atoms with Gasteiger partial charge in [0.25, 0.3) is 5.91 Å². The smallest absolute Gasteiger partial charge is 0.325 e. The van der Waals surface area contributed by atoms with E-state index in [1.54, 1.807) is 12.1 Å². The number of hydrogen-bond acceptors (Lipinski definition) is 3. The van der Waals surface area contributed by atoms with Crippen molar-refractivity contribution in [3.63, 3.8) is 0 Å². The molecule has 0 spiro atoms. The van der Waals surface area contributed by atoms with Gasteiger partial charge in [0.1, 0.15) is 23.7 Å². The fraction of sp³-hybridized carbons (Fsp3) is 0.391. The number of hydrogen-bond donors (Lipinski definition) is 1. The lowest BCUT2D eigenvalue weighted by atomic mass is 9.87. The number of rotatable bonds is 7. The molecule has 3 amide bonds. The molecule has 1 N–H and O–H groups in total. The Labute approximate surface area is 168 Å². The highest BCUT2D eigenvalue weighted by atomic mass is 19.1. The molecule has 0 aromatic heterocycles. The Kier molecular flexibility index (Phi) is 4.30. The van der Waals surface area contributed by atoms with Crippen LogP contribution in [0.4, 0.5) is 9.18 Å². The predicted octanol–water partition coefficient (Wildman–Crippen LogP) is 4.02. The number of benzene rings is 2. The Morgan fingerprint density at radius 1 is 0.931 bits per heavy atom. The summed E-state index contributed by atoms with van der Waals surface area (Å²) in [5.74, 6) is 0.966. The molecule has 3 aliphatic rings. The Hall–Kier alpha value is -2.89. The minimum Gasteiger partial charge on any atom is -0.489 e. The van der Waals surface area contributed by atoms with Gasteiger partial charge in [-0.05, 0) is 72.9 Å². The van der Waals surface area contributed by atoms with Crippen molar-refractivity contribution in [3.8, 4) is 5.75 Å². The lowest BCUT2D eigenvalue weighted by Crippen LogP contribution is -2.51. The molecule has 1 aliphatic heterocycles. The molecule has 1 heterocycles. The first-order valence-electron chi connectivity index (χ1n) is 10.2. The fourth-order valence-corrected chi connectivity index (χ4v) is 4.34. The number of urea groups is 1. The highest BCUT2D eigenvalue weighted by Crippen LogP contribution is 2.54. The largest absolute Gasteiger partial charge is 0.489 e. The van der Waals surface area contributed by atoms with E-state index in [0.717, 1.165) is 36.8 Å². The summed E-state index contributed by atoms with van der Waals surface area (Å²) in [5.41, 5.74) is 1.12. The van der Waals surface area contributed by atoms with Crippen LogP contribution in [0.5, 0.6) is 5.75 Å². The summed E-state index contributed by atoms with van der Waals surface area (Å²) in [7, 11) is 0. The van der Waals surface area contributed by atoms with Gasteiger partial charge in [0.15, 0.2) is 0 Å². The van der Waals surface area contributed by atoms with Crippen LogP contribution in [0.3, 0.4) is 0 Å². The molecule has 0 atom stereocenters. The van der Waals surface area contributed by atoms with Crippen LogP contribution in [0.1, 0.15) is 36.8 Å². The highest BCUT2D eigenvalue weighted by molar-refractivity contribution is 6.07. The number of halogens is 1. The minimum absolute atomic E-state index is 0.0517. The molecule has 2 aliphatic carbocycles. The van der Waals surface area contributed by atoms with E-state index in [2.05, 4.69) is 5.32 Å². The van der Waals surface area contributed by atoms with Crippen LogP contribution in [-0.4, -0.2) is 22.4 Å². The van der Waals surface area contributed by atoms with Crippen LogP contribution >= 0.6 is 0 Å². The van der Waals surface area contributed by atoms with Crippen LogP contribution in [-0.2, 0) is 17.9 Å². The molecule has 2 saturated carbocycles. The van der Waals surface area contributed by atoms with Gasteiger partial charge in [-0.15, -0.1) is 0 Å². The number of amides is 3. The van der Waals surface area contributed by atoms with Crippen LogP contribution in [0.2, 0.25) is 0 Å². The summed E-state index contributed by atoms with van der Waals surface area (Å²) in [5, 5.41) is 3.05. The van der Waals surface area contributed by atoms with Crippen molar-refractivity contribution in [2.24, 2.45) is 11.8 Å². The van der Waals surface area contributed by atoms with Crippen molar-refractivity contribution >= 4 is 11.9 Å². The zero-order valence-electron chi connectivity index (χ0n) is 16.1. The SMILES string of the molecule is O=C1NC(C2CC2)(C2CC2)C(=O)N1Cc1ccc(OCc2ccc(F)cc2)cc1. The number of nitrogens with one attached hydrogen (secondary N) is 1. The molecule has 29 heavy (non-hydrogen) atoms. The average molecular weight is 394 g/mol. The molecule has 5 rings (SSSR count). The zero-order chi connectivity index (χ0) is 20.0. The molecule has 3 fully saturated rings. The quantitative estimate of drug-likeness (QED) is 0.722. The van der Waals surface area contributed by atoms with Crippen molar-refractivity contribution in [1.29, 1.82) is 0 Å². The van der Waals surface area contributed by atoms with Crippen LogP contribution in [0.15, 0.2) is 48.5 Å². The summed E-state index contributed by atoms with van der Waals surface area (Å²) in [6.45, 7) is 0.613. The molecule has 5 nitrogen and oxygen atoms in total. The first-order chi connectivity index (χ1) is 14.1. The highest BCUT2D eigenvalue weighted by Gasteiger charge is 2.65. The van der Waals surface area contributed by atoms with E-state index < -0.39 is 5.54 Å². The number of carbonyl (C=O) groups is 2. The Balaban J connectivity index is 1.23. The number of nitrogens with zero attached hydrogens (tertiary/aromatic N) is 1. The van der Waals surface area contributed by atoms with Crippen molar-refractivity contribution in [1.82, 2.24) is 10.2 Å². The second kappa shape index (κ2) is 6.87. The molecule has 2 aromatic carbocycles. The number of imide groups is 1. The van der Waals surface area contributed by atoms with E-state index in [0.29, 0.717) is 24.2 Å². The summed E-state index contributed by atoms with van der Waals surface area (Å²) >= 11 is 0. The Bertz CT molecular complexity index is 922. The van der Waals surface area contributed by atoms with Crippen molar-refractivity contribution in [3.05, 3.63) is 65.5 Å². The van der Waals surface area contributed by atoms with Gasteiger partial charge in [-0.3, -0.25) is 9.69 Å². The topological polar surface area (TPSA) is 58.6 Å². The van der Waals surface area contributed by atoms with Crippen LogP contribution in [0.25, 0.3) is 0 Å². The van der Waals surface area contributed by atoms with E-state index >= 15 is 0 Å². The van der Waals surface area contributed by atoms with Crippen LogP contribution < -0.4 is 10.1 Å². The van der Waals surface area contributed by atoms with Crippen molar-refractivity contribution < 1.29 is 18.7 Å². The monoisotopic (exact) mass is 394 g/mol. The molecule has 150 valence electrons. The number of carbonyl (C=O) groups excluding carboxylic acids is 2. The summed E-state index contributed by atoms with van der Waals surface area (Å²) in [4.78, 5) is 27.1. The van der Waals surface area contributed by atoms with Crippen molar-refractivity contribution in [2.45, 2.75) is 44.4 Å². The van der Waals surface area contributed by atoms with E-state index in [1.165, 1.54) is 17.0 Å². The molecule has 0 radical (unpaired) electrons. The van der Waals surface area contributed by atoms with Crippen LogP contribution in [0, 0.1) is 17.7 Å². The standard InChI is InChI=1S/C23H23FN2O3/c24-19-9-1-16(2-10-19)14-29-20-11-3-15(4-12-20)13-26-21(27)23(17-5-6-17,18-7-8-18)25-22(26)28/h1-4,9-12,17-18H,5-8,13-14H2,(H,25,28). The van der Waals surface area contributed by atoms with E-state index in [9.17, 15) is 14.0 Å². The van der Waals surface area contributed by atoms with Gasteiger partial charge < -0.3 is 10.1 Å². The maximum Gasteiger partial charge on any atom is 0.325 e. The molecule has 0 bridgehead atoms. The number of ether oxygens (including phenoxy) is 1. The maximum absolute atomic E-state index is 13.1. The average Bonchev–Trinajstić information content (AvgIpc) is 3.63. The lowest BCUT2D eigenvalue weighted by molar-refractivity contribution is -0.133. The van der Waals surface area contributed by atoms with Gasteiger partial charge in [-0.1, -0.05) is 24.3 Å². The van der Waals surface area contributed by atoms with E-state index in [1.807, 2.05) is 24.3 Å². The molecule has 6 heteroatoms. The second-order valence-electron chi connectivity index (χ2n) is 8.30. The summed E-state index contributed by atoms with van der Waals surface area (Å²) in [6.07, 6.45) is 4.10. The third kappa shape index (κ3) is 3.37. The predicted molar refractivity (Wildman–Crippen MR) is 104 cm³/mol. The van der Waals surface area contributed by atoms with E-state index in [4.69, 9.17) is 4.74 Å². The third-order valence-electron chi connectivity index (χ3n) is 6.18. The fourth-order valence-electron chi connectivity index (χ4n) is 4.34. The van der Waals surface area contributed by atoms with Gasteiger partial charge >= 0.3 is 6.03 Å².